The second-order valence-electron chi connectivity index (χ2n) is 4.75. The van der Waals surface area contributed by atoms with Crippen molar-refractivity contribution in [2.45, 2.75) is 32.3 Å². The number of benzene rings is 1. The molecule has 1 heterocycles. The van der Waals surface area contributed by atoms with Crippen molar-refractivity contribution >= 4 is 0 Å². The van der Waals surface area contributed by atoms with Crippen LogP contribution in [0.5, 0.6) is 5.75 Å². The van der Waals surface area contributed by atoms with Gasteiger partial charge in [-0.2, -0.15) is 0 Å². The van der Waals surface area contributed by atoms with Crippen molar-refractivity contribution in [3.05, 3.63) is 29.8 Å². The molecule has 1 aromatic rings. The first-order valence-corrected chi connectivity index (χ1v) is 5.85. The van der Waals surface area contributed by atoms with E-state index in [4.69, 9.17) is 9.47 Å². The number of hydrogen-bond donors (Lipinski definition) is 2. The Labute approximate surface area is 102 Å². The van der Waals surface area contributed by atoms with Crippen molar-refractivity contribution in [1.82, 2.24) is 5.32 Å². The molecule has 0 saturated carbocycles. The molecule has 1 fully saturated rings. The van der Waals surface area contributed by atoms with E-state index in [1.807, 2.05) is 26.0 Å². The van der Waals surface area contributed by atoms with E-state index in [1.165, 1.54) is 0 Å². The molecule has 1 aliphatic rings. The SMILES string of the molecule is CC1(C)OCC(CNCc2cccc(O)c2)O1. The van der Waals surface area contributed by atoms with Crippen LogP contribution in [-0.4, -0.2) is 30.1 Å². The Morgan fingerprint density at radius 1 is 1.47 bits per heavy atom. The Kier molecular flexibility index (Phi) is 3.66. The van der Waals surface area contributed by atoms with Gasteiger partial charge in [0, 0.05) is 13.1 Å². The van der Waals surface area contributed by atoms with Crippen LogP contribution in [0.25, 0.3) is 0 Å². The highest BCUT2D eigenvalue weighted by Crippen LogP contribution is 2.21. The third-order valence-electron chi connectivity index (χ3n) is 2.68. The highest BCUT2D eigenvalue weighted by atomic mass is 16.7. The molecule has 0 aromatic heterocycles. The van der Waals surface area contributed by atoms with Crippen LogP contribution in [0.15, 0.2) is 24.3 Å². The van der Waals surface area contributed by atoms with Crippen LogP contribution in [0, 0.1) is 0 Å². The number of ether oxygens (including phenoxy) is 2. The van der Waals surface area contributed by atoms with Gasteiger partial charge < -0.3 is 19.9 Å². The molecule has 4 nitrogen and oxygen atoms in total. The van der Waals surface area contributed by atoms with Crippen molar-refractivity contribution in [3.63, 3.8) is 0 Å². The van der Waals surface area contributed by atoms with Crippen LogP contribution < -0.4 is 5.32 Å². The minimum absolute atomic E-state index is 0.0994. The lowest BCUT2D eigenvalue weighted by atomic mass is 10.2. The number of hydrogen-bond acceptors (Lipinski definition) is 4. The highest BCUT2D eigenvalue weighted by molar-refractivity contribution is 5.26. The first-order valence-electron chi connectivity index (χ1n) is 5.85. The van der Waals surface area contributed by atoms with Crippen LogP contribution >= 0.6 is 0 Å². The molecule has 17 heavy (non-hydrogen) atoms. The maximum Gasteiger partial charge on any atom is 0.163 e. The average Bonchev–Trinajstić information content (AvgIpc) is 2.58. The van der Waals surface area contributed by atoms with Crippen LogP contribution in [0.1, 0.15) is 19.4 Å². The van der Waals surface area contributed by atoms with Crippen LogP contribution in [0.4, 0.5) is 0 Å². The molecule has 0 bridgehead atoms. The molecule has 0 radical (unpaired) electrons. The Hall–Kier alpha value is -1.10. The molecule has 1 aromatic carbocycles. The minimum Gasteiger partial charge on any atom is -0.508 e. The number of phenols is 1. The molecule has 4 heteroatoms. The van der Waals surface area contributed by atoms with Crippen molar-refractivity contribution in [1.29, 1.82) is 0 Å². The summed E-state index contributed by atoms with van der Waals surface area (Å²) in [7, 11) is 0. The zero-order valence-corrected chi connectivity index (χ0v) is 10.3. The number of phenolic OH excluding ortho intramolecular Hbond substituents is 1. The Bertz CT molecular complexity index is 379. The second-order valence-corrected chi connectivity index (χ2v) is 4.75. The fourth-order valence-electron chi connectivity index (χ4n) is 1.91. The van der Waals surface area contributed by atoms with E-state index < -0.39 is 5.79 Å². The summed E-state index contributed by atoms with van der Waals surface area (Å²) in [6.45, 7) is 5.93. The molecular formula is C13H19NO3. The van der Waals surface area contributed by atoms with Gasteiger partial charge in [-0.1, -0.05) is 12.1 Å². The Balaban J connectivity index is 1.73. The summed E-state index contributed by atoms with van der Waals surface area (Å²) < 4.78 is 11.1. The van der Waals surface area contributed by atoms with E-state index in [0.717, 1.165) is 12.1 Å². The molecular weight excluding hydrogens is 218 g/mol. The quantitative estimate of drug-likeness (QED) is 0.835. The monoisotopic (exact) mass is 237 g/mol. The molecule has 1 unspecified atom stereocenters. The third kappa shape index (κ3) is 3.70. The average molecular weight is 237 g/mol. The summed E-state index contributed by atoms with van der Waals surface area (Å²) in [5.41, 5.74) is 1.06. The molecule has 2 rings (SSSR count). The van der Waals surface area contributed by atoms with Gasteiger partial charge >= 0.3 is 0 Å². The number of nitrogens with one attached hydrogen (secondary N) is 1. The van der Waals surface area contributed by atoms with Gasteiger partial charge in [0.1, 0.15) is 5.75 Å². The standard InChI is InChI=1S/C13H19NO3/c1-13(2)16-9-12(17-13)8-14-7-10-4-3-5-11(15)6-10/h3-6,12,14-15H,7-9H2,1-2H3. The first kappa shape index (κ1) is 12.4. The van der Waals surface area contributed by atoms with E-state index >= 15 is 0 Å². The highest BCUT2D eigenvalue weighted by Gasteiger charge is 2.32. The maximum atomic E-state index is 9.32. The number of aromatic hydroxyl groups is 1. The molecule has 94 valence electrons. The minimum atomic E-state index is -0.461. The lowest BCUT2D eigenvalue weighted by Gasteiger charge is -2.17. The summed E-state index contributed by atoms with van der Waals surface area (Å²) in [6, 6.07) is 7.23. The van der Waals surface area contributed by atoms with Crippen LogP contribution in [0.3, 0.4) is 0 Å². The normalized spacial score (nSPS) is 22.8. The van der Waals surface area contributed by atoms with Crippen molar-refractivity contribution < 1.29 is 14.6 Å². The van der Waals surface area contributed by atoms with Gasteiger partial charge in [0.05, 0.1) is 12.7 Å². The molecule has 0 aliphatic carbocycles. The Morgan fingerprint density at radius 3 is 2.94 bits per heavy atom. The molecule has 1 atom stereocenters. The molecule has 1 saturated heterocycles. The molecule has 0 amide bonds. The fraction of sp³-hybridized carbons (Fsp3) is 0.538. The van der Waals surface area contributed by atoms with Crippen LogP contribution in [0.2, 0.25) is 0 Å². The summed E-state index contributed by atoms with van der Waals surface area (Å²) in [5.74, 6) is -0.164. The smallest absolute Gasteiger partial charge is 0.163 e. The van der Waals surface area contributed by atoms with Crippen molar-refractivity contribution in [2.75, 3.05) is 13.2 Å². The summed E-state index contributed by atoms with van der Waals surface area (Å²) in [6.07, 6.45) is 0.0994. The predicted molar refractivity (Wildman–Crippen MR) is 64.7 cm³/mol. The van der Waals surface area contributed by atoms with Gasteiger partial charge in [-0.05, 0) is 31.5 Å². The van der Waals surface area contributed by atoms with Crippen molar-refractivity contribution in [3.8, 4) is 5.75 Å². The maximum absolute atomic E-state index is 9.32. The largest absolute Gasteiger partial charge is 0.508 e. The van der Waals surface area contributed by atoms with E-state index in [2.05, 4.69) is 5.32 Å². The molecule has 2 N–H and O–H groups in total. The zero-order chi connectivity index (χ0) is 12.3. The van der Waals surface area contributed by atoms with Crippen molar-refractivity contribution in [2.24, 2.45) is 0 Å². The van der Waals surface area contributed by atoms with Gasteiger partial charge in [0.25, 0.3) is 0 Å². The van der Waals surface area contributed by atoms with Gasteiger partial charge in [-0.3, -0.25) is 0 Å². The topological polar surface area (TPSA) is 50.7 Å². The number of rotatable bonds is 4. The zero-order valence-electron chi connectivity index (χ0n) is 10.3. The lowest BCUT2D eigenvalue weighted by molar-refractivity contribution is -0.137. The van der Waals surface area contributed by atoms with Crippen LogP contribution in [-0.2, 0) is 16.0 Å². The molecule has 1 aliphatic heterocycles. The summed E-state index contributed by atoms with van der Waals surface area (Å²) >= 11 is 0. The predicted octanol–water partition coefficient (Wildman–Crippen LogP) is 1.63. The van der Waals surface area contributed by atoms with Gasteiger partial charge in [0.2, 0.25) is 0 Å². The van der Waals surface area contributed by atoms with E-state index in [9.17, 15) is 5.11 Å². The van der Waals surface area contributed by atoms with Gasteiger partial charge in [-0.25, -0.2) is 0 Å². The lowest BCUT2D eigenvalue weighted by Crippen LogP contribution is -2.30. The summed E-state index contributed by atoms with van der Waals surface area (Å²) in [5, 5.41) is 12.6. The van der Waals surface area contributed by atoms with E-state index in [0.29, 0.717) is 18.9 Å². The first-order chi connectivity index (χ1) is 8.05. The second kappa shape index (κ2) is 5.04. The van der Waals surface area contributed by atoms with E-state index in [-0.39, 0.29) is 6.10 Å². The van der Waals surface area contributed by atoms with E-state index in [1.54, 1.807) is 12.1 Å². The molecule has 0 spiro atoms. The van der Waals surface area contributed by atoms with Gasteiger partial charge in [0.15, 0.2) is 5.79 Å². The fourth-order valence-corrected chi connectivity index (χ4v) is 1.91. The third-order valence-corrected chi connectivity index (χ3v) is 2.68. The Morgan fingerprint density at radius 2 is 2.29 bits per heavy atom. The summed E-state index contributed by atoms with van der Waals surface area (Å²) in [4.78, 5) is 0. The van der Waals surface area contributed by atoms with Gasteiger partial charge in [-0.15, -0.1) is 0 Å².